The molecule has 7 heteroatoms. The molecule has 0 unspecified atom stereocenters. The molecule has 26 heavy (non-hydrogen) atoms. The van der Waals surface area contributed by atoms with Gasteiger partial charge in [-0.15, -0.1) is 0 Å². The molecular weight excluding hydrogens is 354 g/mol. The van der Waals surface area contributed by atoms with Crippen molar-refractivity contribution in [2.24, 2.45) is 0 Å². The lowest BCUT2D eigenvalue weighted by atomic mass is 9.94. The first-order valence-corrected chi connectivity index (χ1v) is 8.88. The van der Waals surface area contributed by atoms with Gasteiger partial charge in [0.15, 0.2) is 5.69 Å². The van der Waals surface area contributed by atoms with Crippen LogP contribution in [0.4, 0.5) is 0 Å². The van der Waals surface area contributed by atoms with E-state index in [1.54, 1.807) is 36.9 Å². The zero-order valence-electron chi connectivity index (χ0n) is 15.5. The van der Waals surface area contributed by atoms with Gasteiger partial charge in [-0.05, 0) is 45.4 Å². The summed E-state index contributed by atoms with van der Waals surface area (Å²) < 4.78 is 6.75. The number of carbonyl (C=O) groups excluding carboxylic acids is 2. The number of benzene rings is 1. The van der Waals surface area contributed by atoms with E-state index in [0.29, 0.717) is 23.9 Å². The third-order valence-corrected chi connectivity index (χ3v) is 4.42. The van der Waals surface area contributed by atoms with E-state index in [1.165, 1.54) is 0 Å². The number of aromatic nitrogens is 2. The van der Waals surface area contributed by atoms with E-state index < -0.39 is 11.5 Å². The number of rotatable bonds is 7. The van der Waals surface area contributed by atoms with Gasteiger partial charge in [0.2, 0.25) is 5.91 Å². The van der Waals surface area contributed by atoms with Gasteiger partial charge in [-0.1, -0.05) is 23.7 Å². The monoisotopic (exact) mass is 377 g/mol. The molecule has 1 aromatic heterocycles. The molecule has 1 aromatic carbocycles. The van der Waals surface area contributed by atoms with E-state index in [4.69, 9.17) is 16.3 Å². The highest BCUT2D eigenvalue weighted by atomic mass is 35.5. The fraction of sp³-hybridized carbons (Fsp3) is 0.421. The van der Waals surface area contributed by atoms with Gasteiger partial charge in [0, 0.05) is 23.7 Å². The number of carbonyl (C=O) groups is 2. The molecular formula is C19H24ClN3O3. The Morgan fingerprint density at radius 2 is 1.92 bits per heavy atom. The summed E-state index contributed by atoms with van der Waals surface area (Å²) in [5.41, 5.74) is 1.43. The van der Waals surface area contributed by atoms with Crippen LogP contribution >= 0.6 is 11.6 Å². The maximum absolute atomic E-state index is 12.4. The molecule has 0 saturated carbocycles. The Hall–Kier alpha value is -2.34. The van der Waals surface area contributed by atoms with E-state index in [2.05, 4.69) is 10.3 Å². The Balaban J connectivity index is 1.96. The molecule has 2 aromatic rings. The molecule has 1 amide bonds. The average Bonchev–Trinajstić information content (AvgIpc) is 2.94. The second-order valence-electron chi connectivity index (χ2n) is 6.52. The number of halogens is 1. The number of ether oxygens (including phenoxy) is 1. The number of hydrogen-bond donors (Lipinski definition) is 1. The lowest BCUT2D eigenvalue weighted by Crippen LogP contribution is -2.41. The summed E-state index contributed by atoms with van der Waals surface area (Å²) in [4.78, 5) is 28.2. The van der Waals surface area contributed by atoms with E-state index in [0.717, 1.165) is 5.56 Å². The molecule has 0 radical (unpaired) electrons. The van der Waals surface area contributed by atoms with Gasteiger partial charge in [0.1, 0.15) is 0 Å². The predicted molar refractivity (Wildman–Crippen MR) is 100 cm³/mol. The molecule has 0 aliphatic carbocycles. The highest BCUT2D eigenvalue weighted by Crippen LogP contribution is 2.22. The van der Waals surface area contributed by atoms with Crippen LogP contribution in [0.25, 0.3) is 0 Å². The second-order valence-corrected chi connectivity index (χ2v) is 6.96. The van der Waals surface area contributed by atoms with E-state index in [9.17, 15) is 9.59 Å². The fourth-order valence-corrected chi connectivity index (χ4v) is 2.77. The minimum atomic E-state index is -0.512. The Bertz CT molecular complexity index is 782. The third-order valence-electron chi connectivity index (χ3n) is 4.17. The summed E-state index contributed by atoms with van der Waals surface area (Å²) >= 11 is 5.91. The van der Waals surface area contributed by atoms with Crippen LogP contribution in [0.3, 0.4) is 0 Å². The molecule has 0 aliphatic heterocycles. The predicted octanol–water partition coefficient (Wildman–Crippen LogP) is 3.46. The lowest BCUT2D eigenvalue weighted by molar-refractivity contribution is -0.123. The Kier molecular flexibility index (Phi) is 6.42. The maximum Gasteiger partial charge on any atom is 0.358 e. The number of nitrogens with one attached hydrogen (secondary N) is 1. The molecule has 0 fully saturated rings. The largest absolute Gasteiger partial charge is 0.461 e. The molecule has 1 N–H and O–H groups in total. The van der Waals surface area contributed by atoms with Crippen LogP contribution in [0.1, 0.15) is 48.9 Å². The van der Waals surface area contributed by atoms with Crippen LogP contribution < -0.4 is 5.32 Å². The molecule has 140 valence electrons. The highest BCUT2D eigenvalue weighted by molar-refractivity contribution is 6.30. The minimum Gasteiger partial charge on any atom is -0.461 e. The van der Waals surface area contributed by atoms with Gasteiger partial charge in [0.25, 0.3) is 0 Å². The van der Waals surface area contributed by atoms with Crippen LogP contribution in [0.2, 0.25) is 5.02 Å². The van der Waals surface area contributed by atoms with Gasteiger partial charge in [0.05, 0.1) is 18.5 Å². The van der Waals surface area contributed by atoms with Gasteiger partial charge in [-0.2, -0.15) is 0 Å². The summed E-state index contributed by atoms with van der Waals surface area (Å²) in [6, 6.07) is 7.40. The lowest BCUT2D eigenvalue weighted by Gasteiger charge is -2.27. The number of aryl methyl sites for hydroxylation is 1. The van der Waals surface area contributed by atoms with Gasteiger partial charge in [-0.3, -0.25) is 4.79 Å². The van der Waals surface area contributed by atoms with Crippen LogP contribution in [0, 0.1) is 6.92 Å². The van der Waals surface area contributed by atoms with Crippen molar-refractivity contribution in [1.29, 1.82) is 0 Å². The molecule has 0 atom stereocenters. The van der Waals surface area contributed by atoms with Crippen LogP contribution in [0.15, 0.2) is 30.6 Å². The first-order valence-electron chi connectivity index (χ1n) is 8.50. The molecule has 0 spiro atoms. The van der Waals surface area contributed by atoms with Crippen LogP contribution in [-0.2, 0) is 21.6 Å². The number of imidazole rings is 1. The molecule has 0 saturated heterocycles. The quantitative estimate of drug-likeness (QED) is 0.750. The van der Waals surface area contributed by atoms with Crippen molar-refractivity contribution in [2.45, 2.75) is 46.2 Å². The zero-order valence-corrected chi connectivity index (χ0v) is 16.3. The first kappa shape index (κ1) is 20.0. The molecule has 1 heterocycles. The average molecular weight is 378 g/mol. The molecule has 6 nitrogen and oxygen atoms in total. The van der Waals surface area contributed by atoms with Crippen molar-refractivity contribution in [3.05, 3.63) is 52.6 Å². The van der Waals surface area contributed by atoms with Crippen molar-refractivity contribution in [1.82, 2.24) is 14.9 Å². The minimum absolute atomic E-state index is 0.0873. The fourth-order valence-electron chi connectivity index (χ4n) is 2.64. The van der Waals surface area contributed by atoms with Crippen LogP contribution in [0.5, 0.6) is 0 Å². The summed E-state index contributed by atoms with van der Waals surface area (Å²) in [7, 11) is 0. The van der Waals surface area contributed by atoms with Crippen molar-refractivity contribution in [2.75, 3.05) is 6.61 Å². The smallest absolute Gasteiger partial charge is 0.358 e. The number of esters is 1. The highest BCUT2D eigenvalue weighted by Gasteiger charge is 2.23. The zero-order chi connectivity index (χ0) is 19.3. The normalized spacial score (nSPS) is 11.3. The second kappa shape index (κ2) is 8.36. The van der Waals surface area contributed by atoms with E-state index in [1.807, 2.05) is 26.0 Å². The number of nitrogens with zero attached hydrogens (tertiary/aromatic N) is 2. The summed E-state index contributed by atoms with van der Waals surface area (Å²) in [6.45, 7) is 8.14. The Labute approximate surface area is 158 Å². The SMILES string of the molecule is CCOC(=O)c1ncn(CCC(=O)NC(C)(C)c2ccc(Cl)cc2)c1C. The topological polar surface area (TPSA) is 73.2 Å². The van der Waals surface area contributed by atoms with Crippen molar-refractivity contribution in [3.8, 4) is 0 Å². The van der Waals surface area contributed by atoms with Gasteiger partial charge < -0.3 is 14.6 Å². The van der Waals surface area contributed by atoms with Crippen LogP contribution in [-0.4, -0.2) is 28.0 Å². The Morgan fingerprint density at radius 1 is 1.27 bits per heavy atom. The summed E-state index contributed by atoms with van der Waals surface area (Å²) in [5, 5.41) is 3.68. The van der Waals surface area contributed by atoms with Crippen molar-refractivity contribution in [3.63, 3.8) is 0 Å². The third kappa shape index (κ3) is 4.85. The van der Waals surface area contributed by atoms with Gasteiger partial charge >= 0.3 is 5.97 Å². The maximum atomic E-state index is 12.4. The van der Waals surface area contributed by atoms with Crippen molar-refractivity contribution < 1.29 is 14.3 Å². The number of amides is 1. The standard InChI is InChI=1S/C19H24ClN3O3/c1-5-26-18(25)17-13(2)23(12-21-17)11-10-16(24)22-19(3,4)14-6-8-15(20)9-7-14/h6-9,12H,5,10-11H2,1-4H3,(H,22,24). The molecule has 0 aliphatic rings. The van der Waals surface area contributed by atoms with Crippen molar-refractivity contribution >= 4 is 23.5 Å². The summed E-state index contributed by atoms with van der Waals surface area (Å²) in [6.07, 6.45) is 1.83. The molecule has 2 rings (SSSR count). The number of hydrogen-bond acceptors (Lipinski definition) is 4. The Morgan fingerprint density at radius 3 is 2.54 bits per heavy atom. The molecule has 0 bridgehead atoms. The van der Waals surface area contributed by atoms with E-state index in [-0.39, 0.29) is 18.0 Å². The van der Waals surface area contributed by atoms with E-state index >= 15 is 0 Å². The summed E-state index contributed by atoms with van der Waals surface area (Å²) in [5.74, 6) is -0.534. The first-order chi connectivity index (χ1) is 12.2. The van der Waals surface area contributed by atoms with Gasteiger partial charge in [-0.25, -0.2) is 9.78 Å².